The number of nitrogens with two attached hydrogens (primary N) is 2. The van der Waals surface area contributed by atoms with Crippen LogP contribution in [0.5, 0.6) is 0 Å². The van der Waals surface area contributed by atoms with Gasteiger partial charge < -0.3 is 48.1 Å². The zero-order chi connectivity index (χ0) is 38.5. The Morgan fingerprint density at radius 3 is 2.10 bits per heavy atom. The summed E-state index contributed by atoms with van der Waals surface area (Å²) >= 11 is 3.80. The number of hydrogen-bond donors (Lipinski definition) is 11. The first-order valence-electron chi connectivity index (χ1n) is 15.4. The van der Waals surface area contributed by atoms with Gasteiger partial charge in [0.25, 0.3) is 11.5 Å². The first-order valence-corrected chi connectivity index (χ1v) is 16.0. The molecule has 0 fully saturated rings. The van der Waals surface area contributed by atoms with Crippen molar-refractivity contribution in [3.63, 3.8) is 0 Å². The van der Waals surface area contributed by atoms with Crippen molar-refractivity contribution in [3.8, 4) is 0 Å². The van der Waals surface area contributed by atoms with E-state index in [-0.39, 0.29) is 60.7 Å². The molecule has 22 heteroatoms. The van der Waals surface area contributed by atoms with Crippen LogP contribution in [-0.2, 0) is 35.3 Å². The molecule has 2 heterocycles. The highest BCUT2D eigenvalue weighted by molar-refractivity contribution is 7.80. The van der Waals surface area contributed by atoms with E-state index in [1.165, 1.54) is 18.3 Å². The van der Waals surface area contributed by atoms with Crippen molar-refractivity contribution in [1.29, 1.82) is 0 Å². The second-order valence-corrected chi connectivity index (χ2v) is 11.6. The number of ketones is 1. The number of nitrogens with one attached hydrogen (secondary N) is 5. The molecule has 0 radical (unpaired) electrons. The zero-order valence-electron chi connectivity index (χ0n) is 27.2. The van der Waals surface area contributed by atoms with Crippen LogP contribution in [0.2, 0.25) is 0 Å². The Morgan fingerprint density at radius 2 is 1.48 bits per heavy atom. The largest absolute Gasteiger partial charge is 0.481 e. The summed E-state index contributed by atoms with van der Waals surface area (Å²) in [5, 5.41) is 37.4. The van der Waals surface area contributed by atoms with Gasteiger partial charge in [0.1, 0.15) is 23.9 Å². The summed E-state index contributed by atoms with van der Waals surface area (Å²) in [7, 11) is 0. The number of aromatic amines is 1. The number of carboxylic acids is 3. The maximum absolute atomic E-state index is 12.8. The first-order chi connectivity index (χ1) is 24.6. The Kier molecular flexibility index (Phi) is 14.5. The molecule has 0 aliphatic heterocycles. The lowest BCUT2D eigenvalue weighted by Crippen LogP contribution is -2.55. The van der Waals surface area contributed by atoms with Gasteiger partial charge in [-0.25, -0.2) is 19.6 Å². The van der Waals surface area contributed by atoms with Crippen molar-refractivity contribution in [1.82, 2.24) is 35.9 Å². The Morgan fingerprint density at radius 1 is 0.846 bits per heavy atom. The monoisotopic (exact) mass is 744 g/mol. The molecule has 0 aliphatic rings. The fourth-order valence-electron chi connectivity index (χ4n) is 4.49. The van der Waals surface area contributed by atoms with Crippen molar-refractivity contribution in [3.05, 3.63) is 52.1 Å². The number of benzene rings is 1. The molecule has 3 aromatic rings. The summed E-state index contributed by atoms with van der Waals surface area (Å²) in [5.41, 5.74) is 12.0. The van der Waals surface area contributed by atoms with Gasteiger partial charge in [0.05, 0.1) is 30.9 Å². The van der Waals surface area contributed by atoms with E-state index in [9.17, 15) is 43.5 Å². The first kappa shape index (κ1) is 40.3. The molecule has 1 aromatic carbocycles. The standard InChI is InChI=1S/C30H36N10O11S/c31-17(25(45)37-19(9-21(42)43)26(46)38-20(12-52)29(50)51)7-5-16(41)6-8-18(28(48)49)36-24(44)13-1-3-14(4-2-13)33-10-15-11-34-23-22(35-15)27(47)40-30(32)39-23/h1-4,11,17-20,33,52H,5-10,12,31H2,(H,36,44)(H,37,45)(H,38,46)(H,42,43)(H,48,49)(H,50,51)(H3,32,34,39,40,47)/t17-,18-,19-,20-/m0/s1. The summed E-state index contributed by atoms with van der Waals surface area (Å²) in [6, 6.07) is 0.0656. The molecule has 0 spiro atoms. The Hall–Kier alpha value is -6.16. The van der Waals surface area contributed by atoms with Gasteiger partial charge in [-0.15, -0.1) is 0 Å². The number of aliphatic carboxylic acids is 3. The number of thiol groups is 1. The lowest BCUT2D eigenvalue weighted by molar-refractivity contribution is -0.143. The number of carboxylic acid groups (broad SMARTS) is 3. The highest BCUT2D eigenvalue weighted by Crippen LogP contribution is 2.13. The number of H-pyrrole nitrogens is 1. The molecule has 3 amide bonds. The summed E-state index contributed by atoms with van der Waals surface area (Å²) in [5.74, 6) is -7.96. The Labute approximate surface area is 298 Å². The SMILES string of the molecule is Nc1nc2ncc(CNc3ccc(C(=O)N[C@@H](CCC(=O)CC[C@H](N)C(=O)N[C@@H](CC(=O)O)C(=O)N[C@@H](CS)C(=O)O)C(=O)O)cc3)nc2c(=O)[nH]1. The van der Waals surface area contributed by atoms with Crippen molar-refractivity contribution >= 4 is 76.8 Å². The predicted molar refractivity (Wildman–Crippen MR) is 184 cm³/mol. The fraction of sp³-hybridized carbons (Fsp3) is 0.367. The maximum Gasteiger partial charge on any atom is 0.327 e. The van der Waals surface area contributed by atoms with Crippen LogP contribution in [-0.4, -0.2) is 107 Å². The number of carbonyl (C=O) groups is 7. The van der Waals surface area contributed by atoms with Crippen LogP contribution in [0.1, 0.15) is 48.2 Å². The fourth-order valence-corrected chi connectivity index (χ4v) is 4.73. The molecule has 278 valence electrons. The van der Waals surface area contributed by atoms with Crippen molar-refractivity contribution in [2.75, 3.05) is 16.8 Å². The van der Waals surface area contributed by atoms with E-state index >= 15 is 0 Å². The van der Waals surface area contributed by atoms with Gasteiger partial charge >= 0.3 is 17.9 Å². The number of nitrogens with zero attached hydrogens (tertiary/aromatic N) is 3. The predicted octanol–water partition coefficient (Wildman–Crippen LogP) is -1.99. The second kappa shape index (κ2) is 18.7. The molecular weight excluding hydrogens is 708 g/mol. The normalized spacial score (nSPS) is 13.2. The number of anilines is 2. The van der Waals surface area contributed by atoms with E-state index in [0.717, 1.165) is 0 Å². The number of carbonyl (C=O) groups excluding carboxylic acids is 4. The number of Topliss-reactive ketones (excluding diaryl/α,β-unsaturated/α-hetero) is 1. The van der Waals surface area contributed by atoms with Gasteiger partial charge in [-0.1, -0.05) is 0 Å². The van der Waals surface area contributed by atoms with Gasteiger partial charge in [0, 0.05) is 29.8 Å². The average Bonchev–Trinajstić information content (AvgIpc) is 3.09. The van der Waals surface area contributed by atoms with Crippen molar-refractivity contribution in [2.24, 2.45) is 5.73 Å². The highest BCUT2D eigenvalue weighted by atomic mass is 32.1. The lowest BCUT2D eigenvalue weighted by atomic mass is 10.0. The zero-order valence-corrected chi connectivity index (χ0v) is 28.1. The Balaban J connectivity index is 1.47. The molecule has 2 aromatic heterocycles. The van der Waals surface area contributed by atoms with Crippen LogP contribution in [0.3, 0.4) is 0 Å². The minimum Gasteiger partial charge on any atom is -0.481 e. The molecule has 0 unspecified atom stereocenters. The smallest absolute Gasteiger partial charge is 0.327 e. The Bertz CT molecular complexity index is 1890. The summed E-state index contributed by atoms with van der Waals surface area (Å²) in [6.45, 7) is 0.164. The quantitative estimate of drug-likeness (QED) is 0.0557. The van der Waals surface area contributed by atoms with Crippen LogP contribution >= 0.6 is 12.6 Å². The van der Waals surface area contributed by atoms with E-state index in [1.807, 2.05) is 0 Å². The maximum atomic E-state index is 12.8. The van der Waals surface area contributed by atoms with Crippen LogP contribution in [0.25, 0.3) is 11.2 Å². The molecule has 21 nitrogen and oxygen atoms in total. The third-order valence-corrected chi connectivity index (χ3v) is 7.67. The van der Waals surface area contributed by atoms with E-state index in [0.29, 0.717) is 11.4 Å². The third-order valence-electron chi connectivity index (χ3n) is 7.30. The summed E-state index contributed by atoms with van der Waals surface area (Å²) < 4.78 is 0. The molecule has 0 saturated heterocycles. The van der Waals surface area contributed by atoms with Gasteiger partial charge in [0.2, 0.25) is 17.8 Å². The molecular formula is C30H36N10O11S. The molecule has 3 rings (SSSR count). The van der Waals surface area contributed by atoms with Crippen molar-refractivity contribution in [2.45, 2.75) is 62.8 Å². The summed E-state index contributed by atoms with van der Waals surface area (Å²) in [6.07, 6.45) is -0.580. The molecule has 0 aliphatic carbocycles. The number of amides is 3. The molecule has 12 N–H and O–H groups in total. The number of aromatic nitrogens is 4. The summed E-state index contributed by atoms with van der Waals surface area (Å²) in [4.78, 5) is 111. The number of nitrogen functional groups attached to an aromatic ring is 1. The molecule has 0 saturated carbocycles. The van der Waals surface area contributed by atoms with E-state index < -0.39 is 77.6 Å². The molecule has 4 atom stereocenters. The molecule has 52 heavy (non-hydrogen) atoms. The van der Waals surface area contributed by atoms with Crippen LogP contribution in [0.15, 0.2) is 35.3 Å². The van der Waals surface area contributed by atoms with E-state index in [2.05, 4.69) is 53.8 Å². The number of hydrogen-bond acceptors (Lipinski definition) is 15. The average molecular weight is 745 g/mol. The number of rotatable bonds is 20. The van der Waals surface area contributed by atoms with Crippen LogP contribution in [0.4, 0.5) is 11.6 Å². The van der Waals surface area contributed by atoms with Crippen LogP contribution in [0, 0.1) is 0 Å². The minimum absolute atomic E-state index is 0.0111. The number of fused-ring (bicyclic) bond motifs is 1. The van der Waals surface area contributed by atoms with Gasteiger partial charge in [-0.2, -0.15) is 17.6 Å². The van der Waals surface area contributed by atoms with Crippen molar-refractivity contribution < 1.29 is 48.9 Å². The van der Waals surface area contributed by atoms with Gasteiger partial charge in [-0.05, 0) is 37.1 Å². The van der Waals surface area contributed by atoms with E-state index in [1.54, 1.807) is 12.1 Å². The minimum atomic E-state index is -1.67. The second-order valence-electron chi connectivity index (χ2n) is 11.2. The topological polar surface area (TPSA) is 352 Å². The van der Waals surface area contributed by atoms with E-state index in [4.69, 9.17) is 21.7 Å². The molecule has 0 bridgehead atoms. The van der Waals surface area contributed by atoms with Crippen LogP contribution < -0.4 is 38.3 Å². The third kappa shape index (κ3) is 12.0. The lowest BCUT2D eigenvalue weighted by Gasteiger charge is -2.21. The van der Waals surface area contributed by atoms with Gasteiger partial charge in [-0.3, -0.25) is 33.8 Å². The van der Waals surface area contributed by atoms with Gasteiger partial charge in [0.15, 0.2) is 11.2 Å². The highest BCUT2D eigenvalue weighted by Gasteiger charge is 2.29.